The number of aryl methyl sites for hydroxylation is 3. The van der Waals surface area contributed by atoms with Crippen LogP contribution < -0.4 is 0 Å². The molecule has 0 radical (unpaired) electrons. The van der Waals surface area contributed by atoms with Crippen LogP contribution in [0.15, 0.2) is 12.4 Å². The molecule has 1 fully saturated rings. The van der Waals surface area contributed by atoms with Crippen molar-refractivity contribution in [3.8, 4) is 0 Å². The van der Waals surface area contributed by atoms with E-state index in [9.17, 15) is 4.79 Å². The number of morpholine rings is 1. The number of carbonyl (C=O) groups excluding carboxylic acids is 1. The van der Waals surface area contributed by atoms with Gasteiger partial charge in [0.15, 0.2) is 5.82 Å². The summed E-state index contributed by atoms with van der Waals surface area (Å²) in [5, 5.41) is 11.1. The third kappa shape index (κ3) is 3.33. The summed E-state index contributed by atoms with van der Waals surface area (Å²) in [5.41, 5.74) is 1.10. The fraction of sp³-hybridized carbons (Fsp3) is 0.571. The molecule has 3 rings (SSSR count). The van der Waals surface area contributed by atoms with Crippen LogP contribution in [0.4, 0.5) is 0 Å². The molecule has 0 aromatic carbocycles. The molecule has 1 amide bonds. The van der Waals surface area contributed by atoms with Crippen molar-refractivity contribution in [3.63, 3.8) is 0 Å². The van der Waals surface area contributed by atoms with Crippen LogP contribution in [0, 0.1) is 13.8 Å². The van der Waals surface area contributed by atoms with Crippen LogP contribution in [0.2, 0.25) is 0 Å². The third-order valence-corrected chi connectivity index (χ3v) is 3.64. The van der Waals surface area contributed by atoms with Crippen molar-refractivity contribution in [2.45, 2.75) is 32.9 Å². The quantitative estimate of drug-likeness (QED) is 0.894. The fourth-order valence-electron chi connectivity index (χ4n) is 2.49. The summed E-state index contributed by atoms with van der Waals surface area (Å²) < 4.78 is 7.46. The van der Waals surface area contributed by atoms with E-state index < -0.39 is 0 Å². The van der Waals surface area contributed by atoms with E-state index in [0.717, 1.165) is 11.4 Å². The molecule has 1 aliphatic rings. The summed E-state index contributed by atoms with van der Waals surface area (Å²) in [7, 11) is 0. The molecule has 1 saturated heterocycles. The van der Waals surface area contributed by atoms with Gasteiger partial charge in [0.1, 0.15) is 11.9 Å². The summed E-state index contributed by atoms with van der Waals surface area (Å²) in [6.07, 6.45) is 3.91. The van der Waals surface area contributed by atoms with Crippen LogP contribution in [-0.2, 0) is 16.1 Å². The van der Waals surface area contributed by atoms with E-state index in [2.05, 4.69) is 20.3 Å². The minimum Gasteiger partial charge on any atom is -0.366 e. The number of nitrogens with one attached hydrogen (secondary N) is 1. The average molecular weight is 304 g/mol. The number of aromatic nitrogens is 5. The molecule has 0 spiro atoms. The van der Waals surface area contributed by atoms with Crippen molar-refractivity contribution in [2.24, 2.45) is 0 Å². The van der Waals surface area contributed by atoms with E-state index in [1.54, 1.807) is 10.9 Å². The Balaban J connectivity index is 1.55. The second-order valence-electron chi connectivity index (χ2n) is 5.51. The van der Waals surface area contributed by atoms with Crippen molar-refractivity contribution in [3.05, 3.63) is 29.6 Å². The first-order chi connectivity index (χ1) is 10.6. The standard InChI is InChI=1S/C14H20N6O2/c1-10-7-15-20(8-10)4-3-13(21)19-5-6-22-12(9-19)14-16-11(2)17-18-14/h7-8,12H,3-6,9H2,1-2H3,(H,16,17,18). The van der Waals surface area contributed by atoms with Crippen molar-refractivity contribution in [1.29, 1.82) is 0 Å². The highest BCUT2D eigenvalue weighted by Gasteiger charge is 2.27. The van der Waals surface area contributed by atoms with E-state index in [1.807, 2.05) is 24.9 Å². The average Bonchev–Trinajstić information content (AvgIpc) is 3.13. The van der Waals surface area contributed by atoms with Crippen LogP contribution in [0.5, 0.6) is 0 Å². The van der Waals surface area contributed by atoms with E-state index >= 15 is 0 Å². The molecule has 0 bridgehead atoms. The smallest absolute Gasteiger partial charge is 0.224 e. The Bertz CT molecular complexity index is 649. The number of hydrogen-bond acceptors (Lipinski definition) is 5. The molecule has 1 atom stereocenters. The minimum atomic E-state index is -0.255. The van der Waals surface area contributed by atoms with E-state index in [1.165, 1.54) is 0 Å². The van der Waals surface area contributed by atoms with Crippen LogP contribution in [0.1, 0.15) is 29.7 Å². The maximum Gasteiger partial charge on any atom is 0.224 e. The van der Waals surface area contributed by atoms with Gasteiger partial charge in [-0.05, 0) is 19.4 Å². The summed E-state index contributed by atoms with van der Waals surface area (Å²) in [4.78, 5) is 18.4. The molecule has 8 nitrogen and oxygen atoms in total. The van der Waals surface area contributed by atoms with Gasteiger partial charge < -0.3 is 9.64 Å². The van der Waals surface area contributed by atoms with E-state index in [4.69, 9.17) is 4.74 Å². The lowest BCUT2D eigenvalue weighted by Crippen LogP contribution is -2.42. The second-order valence-corrected chi connectivity index (χ2v) is 5.51. The van der Waals surface area contributed by atoms with E-state index in [-0.39, 0.29) is 12.0 Å². The lowest BCUT2D eigenvalue weighted by atomic mass is 10.2. The maximum absolute atomic E-state index is 12.3. The first kappa shape index (κ1) is 14.7. The molecule has 1 N–H and O–H groups in total. The molecule has 0 aliphatic carbocycles. The van der Waals surface area contributed by atoms with E-state index in [0.29, 0.717) is 38.5 Å². The van der Waals surface area contributed by atoms with Crippen molar-refractivity contribution in [2.75, 3.05) is 19.7 Å². The SMILES string of the molecule is Cc1cnn(CCC(=O)N2CCOC(c3n[nH]c(C)n3)C2)c1. The Morgan fingerprint density at radius 2 is 2.36 bits per heavy atom. The number of H-pyrrole nitrogens is 1. The Morgan fingerprint density at radius 3 is 3.05 bits per heavy atom. The topological polar surface area (TPSA) is 88.9 Å². The van der Waals surface area contributed by atoms with Gasteiger partial charge in [-0.15, -0.1) is 0 Å². The molecular weight excluding hydrogens is 284 g/mol. The molecule has 1 aliphatic heterocycles. The minimum absolute atomic E-state index is 0.105. The first-order valence-corrected chi connectivity index (χ1v) is 7.39. The molecular formula is C14H20N6O2. The second kappa shape index (κ2) is 6.27. The normalized spacial score (nSPS) is 18.6. The largest absolute Gasteiger partial charge is 0.366 e. The maximum atomic E-state index is 12.3. The van der Waals surface area contributed by atoms with Gasteiger partial charge in [0.25, 0.3) is 0 Å². The molecule has 2 aromatic heterocycles. The number of amides is 1. The Kier molecular flexibility index (Phi) is 4.19. The Morgan fingerprint density at radius 1 is 1.50 bits per heavy atom. The van der Waals surface area contributed by atoms with Crippen molar-refractivity contribution < 1.29 is 9.53 Å². The zero-order chi connectivity index (χ0) is 15.5. The molecule has 22 heavy (non-hydrogen) atoms. The summed E-state index contributed by atoms with van der Waals surface area (Å²) in [6, 6.07) is 0. The fourth-order valence-corrected chi connectivity index (χ4v) is 2.49. The highest BCUT2D eigenvalue weighted by Crippen LogP contribution is 2.19. The predicted molar refractivity (Wildman–Crippen MR) is 78.0 cm³/mol. The van der Waals surface area contributed by atoms with Gasteiger partial charge in [0.2, 0.25) is 5.91 Å². The van der Waals surface area contributed by atoms with Crippen molar-refractivity contribution in [1.82, 2.24) is 29.9 Å². The zero-order valence-corrected chi connectivity index (χ0v) is 12.8. The van der Waals surface area contributed by atoms with Gasteiger partial charge in [-0.25, -0.2) is 4.98 Å². The number of nitrogens with zero attached hydrogens (tertiary/aromatic N) is 5. The van der Waals surface area contributed by atoms with Crippen LogP contribution >= 0.6 is 0 Å². The zero-order valence-electron chi connectivity index (χ0n) is 12.8. The molecule has 3 heterocycles. The summed E-state index contributed by atoms with van der Waals surface area (Å²) in [5.74, 6) is 1.46. The third-order valence-electron chi connectivity index (χ3n) is 3.64. The Hall–Kier alpha value is -2.22. The van der Waals surface area contributed by atoms with Gasteiger partial charge in [0, 0.05) is 25.7 Å². The van der Waals surface area contributed by atoms with Gasteiger partial charge >= 0.3 is 0 Å². The molecule has 1 unspecified atom stereocenters. The van der Waals surface area contributed by atoms with Gasteiger partial charge in [-0.2, -0.15) is 10.2 Å². The van der Waals surface area contributed by atoms with Gasteiger partial charge in [-0.3, -0.25) is 14.6 Å². The Labute approximate surface area is 128 Å². The highest BCUT2D eigenvalue weighted by molar-refractivity contribution is 5.76. The van der Waals surface area contributed by atoms with Gasteiger partial charge in [0.05, 0.1) is 19.3 Å². The number of rotatable bonds is 4. The predicted octanol–water partition coefficient (Wildman–Crippen LogP) is 0.608. The number of carbonyl (C=O) groups is 1. The van der Waals surface area contributed by atoms with Crippen LogP contribution in [0.25, 0.3) is 0 Å². The molecule has 8 heteroatoms. The molecule has 2 aromatic rings. The van der Waals surface area contributed by atoms with Gasteiger partial charge in [-0.1, -0.05) is 0 Å². The van der Waals surface area contributed by atoms with Crippen LogP contribution in [-0.4, -0.2) is 55.5 Å². The highest BCUT2D eigenvalue weighted by atomic mass is 16.5. The first-order valence-electron chi connectivity index (χ1n) is 7.39. The number of hydrogen-bond donors (Lipinski definition) is 1. The summed E-state index contributed by atoms with van der Waals surface area (Å²) in [6.45, 7) is 6.02. The monoisotopic (exact) mass is 304 g/mol. The van der Waals surface area contributed by atoms with Crippen molar-refractivity contribution >= 4 is 5.91 Å². The number of aromatic amines is 1. The number of ether oxygens (including phenoxy) is 1. The molecule has 0 saturated carbocycles. The molecule has 118 valence electrons. The summed E-state index contributed by atoms with van der Waals surface area (Å²) >= 11 is 0. The lowest BCUT2D eigenvalue weighted by molar-refractivity contribution is -0.139. The van der Waals surface area contributed by atoms with Crippen LogP contribution in [0.3, 0.4) is 0 Å². The lowest BCUT2D eigenvalue weighted by Gasteiger charge is -2.31.